The number of fused-ring (bicyclic) bond motifs is 1. The molecule has 27 heavy (non-hydrogen) atoms. The molecular weight excluding hydrogens is 349 g/mol. The molecule has 0 spiro atoms. The van der Waals surface area contributed by atoms with Crippen LogP contribution in [-0.2, 0) is 4.74 Å². The SMILES string of the molecule is Fc1ccc(-c2nc3occn3c2C2=CCNC(N3CCOCC3)=N2)cc1. The molecule has 138 valence electrons. The Bertz CT molecular complexity index is 1030. The number of morpholine rings is 1. The lowest BCUT2D eigenvalue weighted by atomic mass is 10.1. The molecular formula is C19H18FN5O2. The highest BCUT2D eigenvalue weighted by molar-refractivity contribution is 5.91. The van der Waals surface area contributed by atoms with Crippen molar-refractivity contribution in [2.45, 2.75) is 0 Å². The zero-order valence-electron chi connectivity index (χ0n) is 14.6. The van der Waals surface area contributed by atoms with E-state index in [0.29, 0.717) is 31.3 Å². The largest absolute Gasteiger partial charge is 0.432 e. The maximum absolute atomic E-state index is 13.4. The number of ether oxygens (including phenoxy) is 1. The van der Waals surface area contributed by atoms with Crippen molar-refractivity contribution in [3.8, 4) is 11.3 Å². The van der Waals surface area contributed by atoms with Crippen molar-refractivity contribution < 1.29 is 13.5 Å². The van der Waals surface area contributed by atoms with Crippen LogP contribution in [0.4, 0.5) is 4.39 Å². The number of benzene rings is 1. The predicted octanol–water partition coefficient (Wildman–Crippen LogP) is 2.37. The first-order valence-corrected chi connectivity index (χ1v) is 8.87. The van der Waals surface area contributed by atoms with Crippen molar-refractivity contribution in [3.63, 3.8) is 0 Å². The molecule has 5 rings (SSSR count). The number of hydrogen-bond donors (Lipinski definition) is 1. The second-order valence-corrected chi connectivity index (χ2v) is 6.38. The normalized spacial score (nSPS) is 17.6. The Kier molecular flexibility index (Phi) is 3.90. The molecule has 7 nitrogen and oxygen atoms in total. The van der Waals surface area contributed by atoms with Crippen LogP contribution in [0.2, 0.25) is 0 Å². The predicted molar refractivity (Wildman–Crippen MR) is 98.7 cm³/mol. The van der Waals surface area contributed by atoms with Crippen molar-refractivity contribution in [2.24, 2.45) is 4.99 Å². The molecule has 2 aliphatic rings. The van der Waals surface area contributed by atoms with Crippen LogP contribution in [0.15, 0.2) is 52.2 Å². The second-order valence-electron chi connectivity index (χ2n) is 6.38. The number of imidazole rings is 1. The van der Waals surface area contributed by atoms with Gasteiger partial charge in [0, 0.05) is 31.4 Å². The molecule has 0 bridgehead atoms. The third kappa shape index (κ3) is 2.87. The topological polar surface area (TPSA) is 67.3 Å². The van der Waals surface area contributed by atoms with Crippen molar-refractivity contribution in [2.75, 3.05) is 32.8 Å². The van der Waals surface area contributed by atoms with Gasteiger partial charge in [-0.2, -0.15) is 4.98 Å². The van der Waals surface area contributed by atoms with Gasteiger partial charge in [-0.3, -0.25) is 4.40 Å². The number of nitrogens with zero attached hydrogens (tertiary/aromatic N) is 4. The average Bonchev–Trinajstić information content (AvgIpc) is 3.30. The average molecular weight is 367 g/mol. The third-order valence-corrected chi connectivity index (χ3v) is 4.71. The Morgan fingerprint density at radius 1 is 1.11 bits per heavy atom. The van der Waals surface area contributed by atoms with Crippen LogP contribution >= 0.6 is 0 Å². The van der Waals surface area contributed by atoms with Gasteiger partial charge in [0.25, 0.3) is 0 Å². The van der Waals surface area contributed by atoms with Gasteiger partial charge in [-0.15, -0.1) is 0 Å². The van der Waals surface area contributed by atoms with Gasteiger partial charge in [-0.1, -0.05) is 0 Å². The summed E-state index contributed by atoms with van der Waals surface area (Å²) in [6.45, 7) is 3.66. The number of nitrogens with one attached hydrogen (secondary N) is 1. The Hall–Kier alpha value is -3.13. The molecule has 0 aliphatic carbocycles. The standard InChI is InChI=1S/C19H18FN5O2/c20-14-3-1-13(2-4-14)16-17(25-9-12-27-19(25)23-16)15-5-6-21-18(22-15)24-7-10-26-11-8-24/h1-5,9,12H,6-8,10-11H2,(H,21,22). The zero-order valence-corrected chi connectivity index (χ0v) is 14.6. The molecule has 3 aromatic rings. The summed E-state index contributed by atoms with van der Waals surface area (Å²) in [7, 11) is 0. The lowest BCUT2D eigenvalue weighted by Crippen LogP contribution is -2.48. The summed E-state index contributed by atoms with van der Waals surface area (Å²) < 4.78 is 26.1. The molecule has 1 saturated heterocycles. The number of halogens is 1. The van der Waals surface area contributed by atoms with Crippen molar-refractivity contribution in [3.05, 3.63) is 54.3 Å². The number of aromatic nitrogens is 2. The number of rotatable bonds is 2. The van der Waals surface area contributed by atoms with Crippen LogP contribution < -0.4 is 5.32 Å². The van der Waals surface area contributed by atoms with Gasteiger partial charge < -0.3 is 19.4 Å². The minimum absolute atomic E-state index is 0.281. The van der Waals surface area contributed by atoms with Crippen LogP contribution in [0.5, 0.6) is 0 Å². The van der Waals surface area contributed by atoms with Gasteiger partial charge in [0.05, 0.1) is 18.9 Å². The van der Waals surface area contributed by atoms with Gasteiger partial charge in [0.15, 0.2) is 5.96 Å². The monoisotopic (exact) mass is 367 g/mol. The smallest absolute Gasteiger partial charge is 0.306 e. The molecule has 0 amide bonds. The highest BCUT2D eigenvalue weighted by Gasteiger charge is 2.23. The van der Waals surface area contributed by atoms with Gasteiger partial charge in [-0.05, 0) is 30.3 Å². The highest BCUT2D eigenvalue weighted by Crippen LogP contribution is 2.31. The molecule has 0 radical (unpaired) electrons. The van der Waals surface area contributed by atoms with E-state index < -0.39 is 0 Å². The van der Waals surface area contributed by atoms with E-state index in [0.717, 1.165) is 36.0 Å². The third-order valence-electron chi connectivity index (χ3n) is 4.71. The van der Waals surface area contributed by atoms with E-state index >= 15 is 0 Å². The van der Waals surface area contributed by atoms with Gasteiger partial charge >= 0.3 is 5.84 Å². The van der Waals surface area contributed by atoms with Gasteiger partial charge in [0.2, 0.25) is 0 Å². The number of hydrogen-bond acceptors (Lipinski definition) is 6. The molecule has 1 aromatic carbocycles. The quantitative estimate of drug-likeness (QED) is 0.753. The van der Waals surface area contributed by atoms with E-state index in [4.69, 9.17) is 14.1 Å². The number of oxazole rings is 1. The molecule has 8 heteroatoms. The van der Waals surface area contributed by atoms with Crippen molar-refractivity contribution in [1.29, 1.82) is 0 Å². The Morgan fingerprint density at radius 3 is 2.74 bits per heavy atom. The van der Waals surface area contributed by atoms with Crippen LogP contribution in [0.1, 0.15) is 5.69 Å². The van der Waals surface area contributed by atoms with E-state index in [1.165, 1.54) is 12.1 Å². The molecule has 0 unspecified atom stereocenters. The Balaban J connectivity index is 1.60. The maximum atomic E-state index is 13.4. The number of aliphatic imine (C=N–C) groups is 1. The summed E-state index contributed by atoms with van der Waals surface area (Å²) in [4.78, 5) is 11.6. The molecule has 2 aliphatic heterocycles. The first kappa shape index (κ1) is 16.1. The first-order valence-electron chi connectivity index (χ1n) is 8.87. The Labute approximate surface area is 154 Å². The fraction of sp³-hybridized carbons (Fsp3) is 0.263. The second kappa shape index (κ2) is 6.55. The summed E-state index contributed by atoms with van der Waals surface area (Å²) in [5.74, 6) is 1.03. The molecule has 2 aromatic heterocycles. The van der Waals surface area contributed by atoms with Crippen LogP contribution in [0.3, 0.4) is 0 Å². The zero-order chi connectivity index (χ0) is 18.2. The first-order chi connectivity index (χ1) is 13.3. The lowest BCUT2D eigenvalue weighted by Gasteiger charge is -2.31. The minimum atomic E-state index is -0.281. The molecule has 1 fully saturated rings. The highest BCUT2D eigenvalue weighted by atomic mass is 19.1. The summed E-state index contributed by atoms with van der Waals surface area (Å²) in [6.07, 6.45) is 5.43. The van der Waals surface area contributed by atoms with Gasteiger partial charge in [0.1, 0.15) is 23.5 Å². The van der Waals surface area contributed by atoms with E-state index in [-0.39, 0.29) is 5.82 Å². The fourth-order valence-corrected chi connectivity index (χ4v) is 3.39. The molecule has 4 heterocycles. The summed E-state index contributed by atoms with van der Waals surface area (Å²) in [6, 6.07) is 6.29. The molecule has 1 N–H and O–H groups in total. The van der Waals surface area contributed by atoms with E-state index in [2.05, 4.69) is 15.2 Å². The van der Waals surface area contributed by atoms with E-state index in [1.807, 2.05) is 16.7 Å². The van der Waals surface area contributed by atoms with Crippen LogP contribution in [-0.4, -0.2) is 53.1 Å². The molecule has 0 saturated carbocycles. The number of guanidine groups is 1. The lowest BCUT2D eigenvalue weighted by molar-refractivity contribution is 0.0666. The van der Waals surface area contributed by atoms with Crippen molar-refractivity contribution in [1.82, 2.24) is 19.6 Å². The van der Waals surface area contributed by atoms with Crippen LogP contribution in [0.25, 0.3) is 22.8 Å². The maximum Gasteiger partial charge on any atom is 0.306 e. The van der Waals surface area contributed by atoms with Crippen molar-refractivity contribution >= 4 is 17.5 Å². The summed E-state index contributed by atoms with van der Waals surface area (Å²) in [5.41, 5.74) is 3.17. The van der Waals surface area contributed by atoms with Crippen LogP contribution in [0, 0.1) is 5.82 Å². The fourth-order valence-electron chi connectivity index (χ4n) is 3.39. The Morgan fingerprint density at radius 2 is 1.93 bits per heavy atom. The minimum Gasteiger partial charge on any atom is -0.432 e. The van der Waals surface area contributed by atoms with Gasteiger partial charge in [-0.25, -0.2) is 9.38 Å². The molecule has 0 atom stereocenters. The van der Waals surface area contributed by atoms with E-state index in [1.54, 1.807) is 18.4 Å². The summed E-state index contributed by atoms with van der Waals surface area (Å²) >= 11 is 0. The summed E-state index contributed by atoms with van der Waals surface area (Å²) in [5, 5.41) is 3.33. The van der Waals surface area contributed by atoms with E-state index in [9.17, 15) is 4.39 Å².